The first-order valence-corrected chi connectivity index (χ1v) is 4.46. The Bertz CT molecular complexity index is 389. The van der Waals surface area contributed by atoms with Gasteiger partial charge in [0.15, 0.2) is 0 Å². The van der Waals surface area contributed by atoms with Crippen molar-refractivity contribution in [3.8, 4) is 11.4 Å². The maximum atomic E-state index is 4.41. The number of rotatable bonds is 1. The summed E-state index contributed by atoms with van der Waals surface area (Å²) >= 11 is 0. The van der Waals surface area contributed by atoms with Crippen molar-refractivity contribution in [2.24, 2.45) is 7.05 Å². The van der Waals surface area contributed by atoms with Gasteiger partial charge in [0.1, 0.15) is 5.69 Å². The van der Waals surface area contributed by atoms with Gasteiger partial charge in [0.25, 0.3) is 0 Å². The standard InChI is InChI=1S/C10H13N3/c1-7(2)8-6-11-9-4-5-13(3)12-10(8)9/h4-7H,1-3H3. The van der Waals surface area contributed by atoms with Gasteiger partial charge in [-0.1, -0.05) is 13.8 Å². The fourth-order valence-corrected chi connectivity index (χ4v) is 1.43. The average molecular weight is 175 g/mol. The molecule has 2 heterocycles. The summed E-state index contributed by atoms with van der Waals surface area (Å²) in [5.74, 6) is 0.486. The molecule has 2 rings (SSSR count). The van der Waals surface area contributed by atoms with Crippen molar-refractivity contribution in [3.63, 3.8) is 0 Å². The number of fused-ring (bicyclic) bond motifs is 1. The Balaban J connectivity index is 2.63. The highest BCUT2D eigenvalue weighted by Crippen LogP contribution is 2.27. The third kappa shape index (κ3) is 1.30. The summed E-state index contributed by atoms with van der Waals surface area (Å²) in [6.07, 6.45) is 3.84. The van der Waals surface area contributed by atoms with E-state index in [9.17, 15) is 0 Å². The first-order chi connectivity index (χ1) is 6.18. The molecule has 0 saturated heterocycles. The highest BCUT2D eigenvalue weighted by molar-refractivity contribution is 5.60. The molecule has 0 amide bonds. The number of hydrogen-bond acceptors (Lipinski definition) is 2. The van der Waals surface area contributed by atoms with Crippen LogP contribution >= 0.6 is 0 Å². The van der Waals surface area contributed by atoms with E-state index >= 15 is 0 Å². The minimum Gasteiger partial charge on any atom is -0.275 e. The third-order valence-corrected chi connectivity index (χ3v) is 2.19. The smallest absolute Gasteiger partial charge is 0.114 e. The molecular weight excluding hydrogens is 162 g/mol. The Morgan fingerprint density at radius 3 is 2.85 bits per heavy atom. The monoisotopic (exact) mass is 175 g/mol. The lowest BCUT2D eigenvalue weighted by Gasteiger charge is -2.05. The summed E-state index contributed by atoms with van der Waals surface area (Å²) in [6, 6.07) is 1.99. The molecule has 0 aliphatic carbocycles. The molecule has 0 bridgehead atoms. The van der Waals surface area contributed by atoms with Crippen molar-refractivity contribution < 1.29 is 0 Å². The van der Waals surface area contributed by atoms with Crippen LogP contribution in [0.1, 0.15) is 25.3 Å². The van der Waals surface area contributed by atoms with E-state index in [0.29, 0.717) is 5.92 Å². The van der Waals surface area contributed by atoms with Gasteiger partial charge in [-0.2, -0.15) is 5.10 Å². The number of nitrogens with zero attached hydrogens (tertiary/aromatic N) is 3. The Labute approximate surface area is 77.8 Å². The largest absolute Gasteiger partial charge is 0.275 e. The predicted molar refractivity (Wildman–Crippen MR) is 51.7 cm³/mol. The lowest BCUT2D eigenvalue weighted by molar-refractivity contribution is 0.734. The van der Waals surface area contributed by atoms with Crippen LogP contribution in [-0.4, -0.2) is 14.8 Å². The van der Waals surface area contributed by atoms with E-state index in [0.717, 1.165) is 11.4 Å². The van der Waals surface area contributed by atoms with Crippen LogP contribution in [0.25, 0.3) is 11.4 Å². The zero-order valence-electron chi connectivity index (χ0n) is 8.15. The van der Waals surface area contributed by atoms with Gasteiger partial charge in [0.2, 0.25) is 0 Å². The predicted octanol–water partition coefficient (Wildman–Crippen LogP) is 2.04. The number of aryl methyl sites for hydroxylation is 1. The Morgan fingerprint density at radius 2 is 2.15 bits per heavy atom. The van der Waals surface area contributed by atoms with E-state index in [1.54, 1.807) is 0 Å². The van der Waals surface area contributed by atoms with Gasteiger partial charge in [-0.3, -0.25) is 9.67 Å². The first kappa shape index (κ1) is 8.23. The SMILES string of the molecule is CC(C)c1cnc2ccn(C)nc1-2. The molecule has 0 fully saturated rings. The van der Waals surface area contributed by atoms with Gasteiger partial charge in [-0.25, -0.2) is 0 Å². The molecular formula is C10H13N3. The zero-order valence-corrected chi connectivity index (χ0v) is 8.15. The van der Waals surface area contributed by atoms with Gasteiger partial charge in [0.05, 0.1) is 5.69 Å². The molecule has 3 nitrogen and oxygen atoms in total. The van der Waals surface area contributed by atoms with E-state index in [-0.39, 0.29) is 0 Å². The van der Waals surface area contributed by atoms with Crippen molar-refractivity contribution in [1.29, 1.82) is 0 Å². The molecule has 2 aliphatic heterocycles. The summed E-state index contributed by atoms with van der Waals surface area (Å²) in [4.78, 5) is 4.31. The minimum absolute atomic E-state index is 0.486. The maximum absolute atomic E-state index is 4.41. The molecule has 0 atom stereocenters. The second-order valence-corrected chi connectivity index (χ2v) is 3.59. The molecule has 13 heavy (non-hydrogen) atoms. The van der Waals surface area contributed by atoms with E-state index in [2.05, 4.69) is 23.9 Å². The quantitative estimate of drug-likeness (QED) is 0.664. The average Bonchev–Trinajstić information content (AvgIpc) is 2.46. The Morgan fingerprint density at radius 1 is 1.38 bits per heavy atom. The van der Waals surface area contributed by atoms with Crippen LogP contribution < -0.4 is 0 Å². The molecule has 0 radical (unpaired) electrons. The normalized spacial score (nSPS) is 11.4. The number of aromatic nitrogens is 3. The topological polar surface area (TPSA) is 30.7 Å². The van der Waals surface area contributed by atoms with Crippen LogP contribution in [0.3, 0.4) is 0 Å². The second-order valence-electron chi connectivity index (χ2n) is 3.59. The molecule has 2 aliphatic rings. The summed E-state index contributed by atoms with van der Waals surface area (Å²) in [7, 11) is 1.93. The molecule has 3 heteroatoms. The molecule has 0 aromatic heterocycles. The molecule has 0 spiro atoms. The third-order valence-electron chi connectivity index (χ3n) is 2.19. The van der Waals surface area contributed by atoms with Crippen LogP contribution in [0.5, 0.6) is 0 Å². The van der Waals surface area contributed by atoms with E-state index in [4.69, 9.17) is 0 Å². The fourth-order valence-electron chi connectivity index (χ4n) is 1.43. The Kier molecular flexibility index (Phi) is 1.79. The van der Waals surface area contributed by atoms with Crippen molar-refractivity contribution in [3.05, 3.63) is 24.0 Å². The fraction of sp³-hybridized carbons (Fsp3) is 0.400. The summed E-state index contributed by atoms with van der Waals surface area (Å²) in [5.41, 5.74) is 3.24. The highest BCUT2D eigenvalue weighted by atomic mass is 15.2. The minimum atomic E-state index is 0.486. The van der Waals surface area contributed by atoms with Gasteiger partial charge < -0.3 is 0 Å². The van der Waals surface area contributed by atoms with Crippen LogP contribution in [0.15, 0.2) is 18.5 Å². The molecule has 0 N–H and O–H groups in total. The van der Waals surface area contributed by atoms with Crippen molar-refractivity contribution >= 4 is 0 Å². The van der Waals surface area contributed by atoms with Crippen LogP contribution in [0, 0.1) is 0 Å². The van der Waals surface area contributed by atoms with Crippen molar-refractivity contribution in [2.45, 2.75) is 19.8 Å². The van der Waals surface area contributed by atoms with Gasteiger partial charge >= 0.3 is 0 Å². The second kappa shape index (κ2) is 2.83. The summed E-state index contributed by atoms with van der Waals surface area (Å²) in [6.45, 7) is 4.32. The summed E-state index contributed by atoms with van der Waals surface area (Å²) < 4.78 is 1.82. The van der Waals surface area contributed by atoms with Crippen molar-refractivity contribution in [1.82, 2.24) is 14.8 Å². The van der Waals surface area contributed by atoms with Gasteiger partial charge in [-0.05, 0) is 12.0 Å². The number of hydrogen-bond donors (Lipinski definition) is 0. The highest BCUT2D eigenvalue weighted by Gasteiger charge is 2.14. The van der Waals surface area contributed by atoms with Gasteiger partial charge in [0, 0.05) is 25.0 Å². The summed E-state index contributed by atoms with van der Waals surface area (Å²) in [5, 5.41) is 4.41. The van der Waals surface area contributed by atoms with Gasteiger partial charge in [-0.15, -0.1) is 0 Å². The van der Waals surface area contributed by atoms with Crippen LogP contribution in [-0.2, 0) is 7.05 Å². The molecule has 0 aromatic carbocycles. The molecule has 0 unspecified atom stereocenters. The van der Waals surface area contributed by atoms with E-state index < -0.39 is 0 Å². The molecule has 68 valence electrons. The van der Waals surface area contributed by atoms with Crippen LogP contribution in [0.2, 0.25) is 0 Å². The lowest BCUT2D eigenvalue weighted by Crippen LogP contribution is -2.00. The molecule has 0 saturated carbocycles. The van der Waals surface area contributed by atoms with E-state index in [1.807, 2.05) is 30.2 Å². The Hall–Kier alpha value is -1.38. The lowest BCUT2D eigenvalue weighted by atomic mass is 10.0. The molecule has 0 aromatic rings. The maximum Gasteiger partial charge on any atom is 0.114 e. The van der Waals surface area contributed by atoms with Crippen molar-refractivity contribution in [2.75, 3.05) is 0 Å². The van der Waals surface area contributed by atoms with E-state index in [1.165, 1.54) is 5.56 Å². The first-order valence-electron chi connectivity index (χ1n) is 4.46. The zero-order chi connectivity index (χ0) is 9.42. The van der Waals surface area contributed by atoms with Crippen LogP contribution in [0.4, 0.5) is 0 Å².